The second kappa shape index (κ2) is 3.94. The molecule has 0 radical (unpaired) electrons. The van der Waals surface area contributed by atoms with Crippen molar-refractivity contribution in [2.45, 2.75) is 32.6 Å². The molecule has 0 aliphatic heterocycles. The number of oxazole rings is 1. The van der Waals surface area contributed by atoms with Crippen LogP contribution in [0.4, 0.5) is 0 Å². The fourth-order valence-corrected chi connectivity index (χ4v) is 1.05. The monoisotopic (exact) mass is 187 g/mol. The van der Waals surface area contributed by atoms with Crippen LogP contribution in [0.2, 0.25) is 0 Å². The number of rotatable bonds is 3. The second-order valence-electron chi connectivity index (χ2n) is 3.32. The van der Waals surface area contributed by atoms with Gasteiger partial charge in [0.25, 0.3) is 0 Å². The number of nitrogens with zero attached hydrogens (tertiary/aromatic N) is 1. The molecule has 1 heterocycles. The van der Waals surface area contributed by atoms with Crippen molar-refractivity contribution in [3.8, 4) is 0 Å². The maximum atomic E-state index is 5.57. The average molecular weight is 188 g/mol. The molecule has 0 bridgehead atoms. The van der Waals surface area contributed by atoms with E-state index < -0.39 is 0 Å². The zero-order valence-electron chi connectivity index (χ0n) is 7.67. The van der Waals surface area contributed by atoms with Gasteiger partial charge < -0.3 is 4.42 Å². The molecular formula is C9H14ClNO. The normalized spacial score (nSPS) is 13.8. The molecule has 0 N–H and O–H groups in total. The highest BCUT2D eigenvalue weighted by molar-refractivity contribution is 6.16. The van der Waals surface area contributed by atoms with Crippen LogP contribution in [0.5, 0.6) is 0 Å². The fourth-order valence-electron chi connectivity index (χ4n) is 0.925. The van der Waals surface area contributed by atoms with Crippen molar-refractivity contribution in [1.29, 1.82) is 0 Å². The molecule has 1 atom stereocenters. The summed E-state index contributed by atoms with van der Waals surface area (Å²) in [7, 11) is 0. The number of hydrogen-bond acceptors (Lipinski definition) is 2. The summed E-state index contributed by atoms with van der Waals surface area (Å²) < 4.78 is 5.41. The lowest BCUT2D eigenvalue weighted by Crippen LogP contribution is -1.99. The van der Waals surface area contributed by atoms with E-state index in [2.05, 4.69) is 25.8 Å². The van der Waals surface area contributed by atoms with E-state index in [-0.39, 0.29) is 0 Å². The topological polar surface area (TPSA) is 26.0 Å². The zero-order valence-corrected chi connectivity index (χ0v) is 8.43. The van der Waals surface area contributed by atoms with Gasteiger partial charge in [0, 0.05) is 5.92 Å². The van der Waals surface area contributed by atoms with Gasteiger partial charge in [-0.05, 0) is 5.92 Å². The van der Waals surface area contributed by atoms with Gasteiger partial charge in [0.2, 0.25) is 5.89 Å². The highest BCUT2D eigenvalue weighted by Crippen LogP contribution is 2.24. The molecule has 0 saturated heterocycles. The molecule has 1 aromatic heterocycles. The van der Waals surface area contributed by atoms with E-state index in [1.54, 1.807) is 6.20 Å². The Kier molecular flexibility index (Phi) is 3.15. The third-order valence-corrected chi connectivity index (χ3v) is 2.36. The summed E-state index contributed by atoms with van der Waals surface area (Å²) in [5.74, 6) is 2.88. The van der Waals surface area contributed by atoms with E-state index in [9.17, 15) is 0 Å². The van der Waals surface area contributed by atoms with Crippen molar-refractivity contribution >= 4 is 11.6 Å². The standard InChI is InChI=1S/C9H14ClNO/c1-6(2)7(3)8-5-11-9(4-10)12-8/h5-7H,4H2,1-3H3. The van der Waals surface area contributed by atoms with E-state index in [4.69, 9.17) is 16.0 Å². The van der Waals surface area contributed by atoms with E-state index >= 15 is 0 Å². The molecule has 1 rings (SSSR count). The minimum atomic E-state index is 0.352. The molecule has 3 heteroatoms. The number of halogens is 1. The van der Waals surface area contributed by atoms with Crippen LogP contribution in [0.1, 0.15) is 38.3 Å². The highest BCUT2D eigenvalue weighted by Gasteiger charge is 2.14. The molecule has 1 unspecified atom stereocenters. The summed E-state index contributed by atoms with van der Waals surface area (Å²) in [5, 5.41) is 0. The maximum Gasteiger partial charge on any atom is 0.209 e. The van der Waals surface area contributed by atoms with Crippen LogP contribution in [0, 0.1) is 5.92 Å². The van der Waals surface area contributed by atoms with Crippen molar-refractivity contribution in [3.05, 3.63) is 17.8 Å². The fraction of sp³-hybridized carbons (Fsp3) is 0.667. The predicted molar refractivity (Wildman–Crippen MR) is 49.3 cm³/mol. The van der Waals surface area contributed by atoms with E-state index in [0.29, 0.717) is 23.6 Å². The van der Waals surface area contributed by atoms with Crippen molar-refractivity contribution in [1.82, 2.24) is 4.98 Å². The molecule has 0 saturated carbocycles. The quantitative estimate of drug-likeness (QED) is 0.680. The first-order valence-corrected chi connectivity index (χ1v) is 4.69. The smallest absolute Gasteiger partial charge is 0.209 e. The zero-order chi connectivity index (χ0) is 9.14. The van der Waals surface area contributed by atoms with Crippen molar-refractivity contribution < 1.29 is 4.42 Å². The van der Waals surface area contributed by atoms with E-state index in [1.165, 1.54) is 0 Å². The van der Waals surface area contributed by atoms with Gasteiger partial charge in [-0.25, -0.2) is 4.98 Å². The van der Waals surface area contributed by atoms with Gasteiger partial charge in [-0.15, -0.1) is 11.6 Å². The molecular weight excluding hydrogens is 174 g/mol. The van der Waals surface area contributed by atoms with Crippen LogP contribution in [0.15, 0.2) is 10.6 Å². The van der Waals surface area contributed by atoms with Crippen molar-refractivity contribution in [3.63, 3.8) is 0 Å². The van der Waals surface area contributed by atoms with Crippen LogP contribution in [-0.4, -0.2) is 4.98 Å². The Morgan fingerprint density at radius 3 is 2.58 bits per heavy atom. The maximum absolute atomic E-state index is 5.57. The third-order valence-electron chi connectivity index (χ3n) is 2.13. The molecule has 0 aromatic carbocycles. The van der Waals surface area contributed by atoms with Gasteiger partial charge in [-0.3, -0.25) is 0 Å². The van der Waals surface area contributed by atoms with Crippen LogP contribution in [0.25, 0.3) is 0 Å². The average Bonchev–Trinajstić information content (AvgIpc) is 2.50. The summed E-state index contributed by atoms with van der Waals surface area (Å²) in [4.78, 5) is 4.04. The SMILES string of the molecule is CC(C)C(C)c1cnc(CCl)o1. The first-order chi connectivity index (χ1) is 5.65. The van der Waals surface area contributed by atoms with E-state index in [0.717, 1.165) is 5.76 Å². The molecule has 2 nitrogen and oxygen atoms in total. The first kappa shape index (κ1) is 9.59. The van der Waals surface area contributed by atoms with Crippen molar-refractivity contribution in [2.75, 3.05) is 0 Å². The summed E-state index contributed by atoms with van der Waals surface area (Å²) in [6.45, 7) is 6.45. The summed E-state index contributed by atoms with van der Waals surface area (Å²) in [6, 6.07) is 0. The number of hydrogen-bond donors (Lipinski definition) is 0. The lowest BCUT2D eigenvalue weighted by molar-refractivity contribution is 0.397. The van der Waals surface area contributed by atoms with Crippen LogP contribution >= 0.6 is 11.6 Å². The number of alkyl halides is 1. The predicted octanol–water partition coefficient (Wildman–Crippen LogP) is 3.17. The van der Waals surface area contributed by atoms with Gasteiger partial charge in [0.05, 0.1) is 12.1 Å². The largest absolute Gasteiger partial charge is 0.444 e. The van der Waals surface area contributed by atoms with Gasteiger partial charge in [-0.1, -0.05) is 20.8 Å². The Morgan fingerprint density at radius 2 is 2.17 bits per heavy atom. The molecule has 0 spiro atoms. The molecule has 12 heavy (non-hydrogen) atoms. The third kappa shape index (κ3) is 2.01. The van der Waals surface area contributed by atoms with Gasteiger partial charge >= 0.3 is 0 Å². The Balaban J connectivity index is 2.74. The van der Waals surface area contributed by atoms with E-state index in [1.807, 2.05) is 0 Å². The van der Waals surface area contributed by atoms with Crippen LogP contribution in [0.3, 0.4) is 0 Å². The molecule has 0 aliphatic carbocycles. The molecule has 0 amide bonds. The lowest BCUT2D eigenvalue weighted by atomic mass is 9.96. The minimum Gasteiger partial charge on any atom is -0.444 e. The molecule has 1 aromatic rings. The Labute approximate surface area is 77.9 Å². The molecule has 0 aliphatic rings. The molecule has 68 valence electrons. The number of aromatic nitrogens is 1. The highest BCUT2D eigenvalue weighted by atomic mass is 35.5. The summed E-state index contributed by atoms with van der Waals surface area (Å²) in [5.41, 5.74) is 0. The van der Waals surface area contributed by atoms with Gasteiger partial charge in [0.1, 0.15) is 5.76 Å². The second-order valence-corrected chi connectivity index (χ2v) is 3.59. The van der Waals surface area contributed by atoms with Crippen LogP contribution in [-0.2, 0) is 5.88 Å². The van der Waals surface area contributed by atoms with Gasteiger partial charge in [0.15, 0.2) is 0 Å². The Hall–Kier alpha value is -0.500. The lowest BCUT2D eigenvalue weighted by Gasteiger charge is -2.10. The minimum absolute atomic E-state index is 0.352. The van der Waals surface area contributed by atoms with Gasteiger partial charge in [-0.2, -0.15) is 0 Å². The van der Waals surface area contributed by atoms with Crippen LogP contribution < -0.4 is 0 Å². The molecule has 0 fully saturated rings. The Morgan fingerprint density at radius 1 is 1.50 bits per heavy atom. The van der Waals surface area contributed by atoms with Crippen molar-refractivity contribution in [2.24, 2.45) is 5.92 Å². The Bertz CT molecular complexity index is 244. The summed E-state index contributed by atoms with van der Waals surface area (Å²) >= 11 is 5.57. The summed E-state index contributed by atoms with van der Waals surface area (Å²) in [6.07, 6.45) is 1.77. The first-order valence-electron chi connectivity index (χ1n) is 4.15.